The van der Waals surface area contributed by atoms with Crippen molar-refractivity contribution in [2.75, 3.05) is 0 Å². The molecule has 1 fully saturated rings. The van der Waals surface area contributed by atoms with Crippen LogP contribution >= 0.6 is 0 Å². The first kappa shape index (κ1) is 17.3. The highest BCUT2D eigenvalue weighted by Gasteiger charge is 2.55. The third-order valence-corrected chi connectivity index (χ3v) is 6.09. The van der Waals surface area contributed by atoms with Gasteiger partial charge in [0.05, 0.1) is 6.33 Å². The highest BCUT2D eigenvalue weighted by atomic mass is 19.1. The van der Waals surface area contributed by atoms with Crippen LogP contribution in [-0.4, -0.2) is 29.2 Å². The lowest BCUT2D eigenvalue weighted by atomic mass is 10.0. The molecule has 0 spiro atoms. The Bertz CT molecular complexity index is 1380. The first-order chi connectivity index (χ1) is 14.6. The Balaban J connectivity index is 1.22. The second-order valence-corrected chi connectivity index (χ2v) is 7.89. The number of rotatable bonds is 4. The summed E-state index contributed by atoms with van der Waals surface area (Å²) in [6, 6.07) is 6.86. The highest BCUT2D eigenvalue weighted by Crippen LogP contribution is 2.62. The zero-order valence-electron chi connectivity index (χ0n) is 16.1. The summed E-state index contributed by atoms with van der Waals surface area (Å²) in [6.45, 7) is 0.151. The number of aryl methyl sites for hydroxylation is 1. The van der Waals surface area contributed by atoms with Gasteiger partial charge in [0.15, 0.2) is 17.0 Å². The van der Waals surface area contributed by atoms with E-state index in [9.17, 15) is 9.18 Å². The normalized spacial score (nSPS) is 22.3. The summed E-state index contributed by atoms with van der Waals surface area (Å²) in [4.78, 5) is 25.5. The van der Waals surface area contributed by atoms with Gasteiger partial charge in [-0.3, -0.25) is 9.36 Å². The predicted octanol–water partition coefficient (Wildman–Crippen LogP) is 2.52. The molecular weight excluding hydrogens is 387 g/mol. The third kappa shape index (κ3) is 2.54. The number of allylic oxidation sites excluding steroid dienone is 2. The summed E-state index contributed by atoms with van der Waals surface area (Å²) in [7, 11) is 1.75. The van der Waals surface area contributed by atoms with Crippen LogP contribution in [0.15, 0.2) is 52.3 Å². The largest absolute Gasteiger partial charge is 0.337 e. The van der Waals surface area contributed by atoms with Gasteiger partial charge in [0.2, 0.25) is 5.89 Å². The molecule has 1 aromatic carbocycles. The van der Waals surface area contributed by atoms with Crippen LogP contribution in [0.2, 0.25) is 0 Å². The predicted molar refractivity (Wildman–Crippen MR) is 105 cm³/mol. The van der Waals surface area contributed by atoms with Gasteiger partial charge in [-0.2, -0.15) is 4.98 Å². The topological polar surface area (TPSA) is 91.6 Å². The number of imidazole rings is 1. The van der Waals surface area contributed by atoms with Gasteiger partial charge in [0.25, 0.3) is 5.56 Å². The van der Waals surface area contributed by atoms with Crippen LogP contribution in [0.1, 0.15) is 29.6 Å². The van der Waals surface area contributed by atoms with E-state index in [2.05, 4.69) is 26.2 Å². The van der Waals surface area contributed by atoms with E-state index in [4.69, 9.17) is 4.52 Å². The fourth-order valence-electron chi connectivity index (χ4n) is 4.53. The van der Waals surface area contributed by atoms with Crippen molar-refractivity contribution in [2.45, 2.75) is 18.9 Å². The van der Waals surface area contributed by atoms with Gasteiger partial charge >= 0.3 is 0 Å². The lowest BCUT2D eigenvalue weighted by molar-refractivity contribution is 0.364. The van der Waals surface area contributed by atoms with Gasteiger partial charge in [-0.15, -0.1) is 0 Å². The Morgan fingerprint density at radius 1 is 1.23 bits per heavy atom. The molecular formula is C21H17FN6O2. The van der Waals surface area contributed by atoms with Crippen LogP contribution < -0.4 is 5.56 Å². The minimum Gasteiger partial charge on any atom is -0.337 e. The van der Waals surface area contributed by atoms with Crippen molar-refractivity contribution in [1.29, 1.82) is 0 Å². The molecule has 3 heterocycles. The third-order valence-electron chi connectivity index (χ3n) is 6.09. The van der Waals surface area contributed by atoms with E-state index in [1.54, 1.807) is 24.0 Å². The summed E-state index contributed by atoms with van der Waals surface area (Å²) >= 11 is 0. The fourth-order valence-corrected chi connectivity index (χ4v) is 4.53. The molecule has 0 saturated heterocycles. The quantitative estimate of drug-likeness (QED) is 0.519. The van der Waals surface area contributed by atoms with Crippen molar-refractivity contribution in [1.82, 2.24) is 29.2 Å². The number of fused-ring (bicyclic) bond motifs is 2. The molecule has 3 atom stereocenters. The lowest BCUT2D eigenvalue weighted by Crippen LogP contribution is -2.22. The molecule has 8 nitrogen and oxygen atoms in total. The number of aromatic nitrogens is 6. The minimum absolute atomic E-state index is 0.151. The molecule has 4 aromatic rings. The second-order valence-electron chi connectivity index (χ2n) is 7.89. The van der Waals surface area contributed by atoms with Crippen molar-refractivity contribution in [3.8, 4) is 0 Å². The maximum atomic E-state index is 14.0. The van der Waals surface area contributed by atoms with Crippen LogP contribution in [0.3, 0.4) is 0 Å². The molecule has 2 aliphatic carbocycles. The fraction of sp³-hybridized carbons (Fsp3) is 0.286. The van der Waals surface area contributed by atoms with E-state index in [1.165, 1.54) is 17.0 Å². The number of nitrogens with zero attached hydrogens (tertiary/aromatic N) is 6. The van der Waals surface area contributed by atoms with Gasteiger partial charge in [-0.25, -0.2) is 14.4 Å². The van der Waals surface area contributed by atoms with E-state index < -0.39 is 0 Å². The maximum absolute atomic E-state index is 14.0. The van der Waals surface area contributed by atoms with E-state index in [0.29, 0.717) is 40.3 Å². The Morgan fingerprint density at radius 2 is 2.07 bits per heavy atom. The summed E-state index contributed by atoms with van der Waals surface area (Å²) in [5.74, 6) is 1.69. The van der Waals surface area contributed by atoms with E-state index in [0.717, 1.165) is 12.0 Å². The highest BCUT2D eigenvalue weighted by molar-refractivity contribution is 5.71. The molecule has 0 radical (unpaired) electrons. The van der Waals surface area contributed by atoms with Crippen molar-refractivity contribution >= 4 is 16.7 Å². The SMILES string of the molecule is Cn1cnc2ncn(Cc3nc([C@H]4[C@@H]5C=C(c6ccccc6F)C[C@@H]54)no3)c(=O)c21. The van der Waals surface area contributed by atoms with Crippen LogP contribution in [0.25, 0.3) is 16.7 Å². The van der Waals surface area contributed by atoms with Crippen molar-refractivity contribution in [2.24, 2.45) is 18.9 Å². The monoisotopic (exact) mass is 404 g/mol. The van der Waals surface area contributed by atoms with Crippen LogP contribution in [-0.2, 0) is 13.6 Å². The summed E-state index contributed by atoms with van der Waals surface area (Å²) in [5.41, 5.74) is 2.35. The Hall–Kier alpha value is -3.62. The molecule has 0 aliphatic heterocycles. The Labute approximate surface area is 169 Å². The standard InChI is InChI=1S/C21H17FN6O2/c1-27-9-23-20-18(27)21(29)28(10-24-20)8-16-25-19(26-30-16)17-13-6-11(7-14(13)17)12-4-2-3-5-15(12)22/h2-6,9-10,13-14,17H,7-8H2,1H3/t13-,14+,17+/m1/s1. The average Bonchev–Trinajstić information content (AvgIpc) is 3.16. The maximum Gasteiger partial charge on any atom is 0.280 e. The number of benzene rings is 1. The molecule has 6 rings (SSSR count). The van der Waals surface area contributed by atoms with Crippen LogP contribution in [0.4, 0.5) is 4.39 Å². The molecule has 9 heteroatoms. The number of halogens is 1. The van der Waals surface area contributed by atoms with Gasteiger partial charge in [0.1, 0.15) is 18.7 Å². The molecule has 0 unspecified atom stereocenters. The zero-order chi connectivity index (χ0) is 20.4. The van der Waals surface area contributed by atoms with Crippen molar-refractivity contribution in [3.63, 3.8) is 0 Å². The molecule has 3 aromatic heterocycles. The summed E-state index contributed by atoms with van der Waals surface area (Å²) in [6.07, 6.45) is 5.94. The summed E-state index contributed by atoms with van der Waals surface area (Å²) < 4.78 is 22.5. The Morgan fingerprint density at radius 3 is 2.87 bits per heavy atom. The second kappa shape index (κ2) is 6.19. The van der Waals surface area contributed by atoms with Gasteiger partial charge in [-0.05, 0) is 29.9 Å². The zero-order valence-corrected chi connectivity index (χ0v) is 16.1. The van der Waals surface area contributed by atoms with Crippen LogP contribution in [0.5, 0.6) is 0 Å². The first-order valence-corrected chi connectivity index (χ1v) is 9.74. The lowest BCUT2D eigenvalue weighted by Gasteiger charge is -2.06. The van der Waals surface area contributed by atoms with Crippen molar-refractivity contribution in [3.05, 3.63) is 76.4 Å². The van der Waals surface area contributed by atoms with E-state index in [1.807, 2.05) is 12.1 Å². The smallest absolute Gasteiger partial charge is 0.280 e. The average molecular weight is 404 g/mol. The minimum atomic E-state index is -0.208. The number of hydrogen-bond donors (Lipinski definition) is 0. The van der Waals surface area contributed by atoms with E-state index in [-0.39, 0.29) is 23.8 Å². The van der Waals surface area contributed by atoms with Gasteiger partial charge in [0, 0.05) is 18.5 Å². The van der Waals surface area contributed by atoms with E-state index >= 15 is 0 Å². The molecule has 1 saturated carbocycles. The molecule has 0 amide bonds. The molecule has 0 bridgehead atoms. The van der Waals surface area contributed by atoms with Crippen molar-refractivity contribution < 1.29 is 8.91 Å². The molecule has 0 N–H and O–H groups in total. The molecule has 150 valence electrons. The Kier molecular flexibility index (Phi) is 3.56. The molecule has 30 heavy (non-hydrogen) atoms. The van der Waals surface area contributed by atoms with Gasteiger partial charge in [-0.1, -0.05) is 29.4 Å². The number of hydrogen-bond acceptors (Lipinski definition) is 6. The first-order valence-electron chi connectivity index (χ1n) is 9.74. The van der Waals surface area contributed by atoms with Crippen LogP contribution in [0, 0.1) is 17.7 Å². The molecule has 2 aliphatic rings. The van der Waals surface area contributed by atoms with Gasteiger partial charge < -0.3 is 9.09 Å². The summed E-state index contributed by atoms with van der Waals surface area (Å²) in [5, 5.41) is 4.13.